The molecule has 0 bridgehead atoms. The van der Waals surface area contributed by atoms with E-state index in [1.807, 2.05) is 0 Å². The predicted octanol–water partition coefficient (Wildman–Crippen LogP) is 3.06. The standard InChI is InChI=1S/C12H9ClN2O3S/c1-6-4-9(19-10(6)12(17)18)15-11(16)8-5-7(13)2-3-14-8/h2-5H,1H3,(H,15,16)(H,17,18). The molecule has 7 heteroatoms. The van der Waals surface area contributed by atoms with Crippen LogP contribution in [0.3, 0.4) is 0 Å². The summed E-state index contributed by atoms with van der Waals surface area (Å²) in [5.41, 5.74) is 0.780. The minimum atomic E-state index is -1.01. The molecular formula is C12H9ClN2O3S. The molecule has 19 heavy (non-hydrogen) atoms. The number of aromatic carboxylic acids is 1. The van der Waals surface area contributed by atoms with E-state index in [1.165, 1.54) is 12.3 Å². The highest BCUT2D eigenvalue weighted by molar-refractivity contribution is 7.18. The molecule has 0 spiro atoms. The first-order valence-electron chi connectivity index (χ1n) is 5.24. The quantitative estimate of drug-likeness (QED) is 0.912. The molecule has 0 aliphatic rings. The van der Waals surface area contributed by atoms with Gasteiger partial charge in [-0.1, -0.05) is 11.6 Å². The number of rotatable bonds is 3. The van der Waals surface area contributed by atoms with Crippen molar-refractivity contribution < 1.29 is 14.7 Å². The summed E-state index contributed by atoms with van der Waals surface area (Å²) in [6, 6.07) is 4.61. The van der Waals surface area contributed by atoms with Crippen molar-refractivity contribution in [2.45, 2.75) is 6.92 Å². The summed E-state index contributed by atoms with van der Waals surface area (Å²) in [5.74, 6) is -1.44. The van der Waals surface area contributed by atoms with Crippen LogP contribution in [0.1, 0.15) is 25.7 Å². The Labute approximate surface area is 117 Å². The zero-order valence-electron chi connectivity index (χ0n) is 9.81. The second kappa shape index (κ2) is 5.38. The molecule has 0 aliphatic carbocycles. The molecule has 1 amide bonds. The zero-order valence-corrected chi connectivity index (χ0v) is 11.4. The Kier molecular flexibility index (Phi) is 3.82. The van der Waals surface area contributed by atoms with E-state index in [0.717, 1.165) is 11.3 Å². The Bertz CT molecular complexity index is 654. The van der Waals surface area contributed by atoms with Crippen LogP contribution in [0, 0.1) is 6.92 Å². The molecule has 0 atom stereocenters. The molecule has 2 heterocycles. The molecule has 0 radical (unpaired) electrons. The maximum atomic E-state index is 11.9. The molecule has 0 unspecified atom stereocenters. The molecule has 2 N–H and O–H groups in total. The van der Waals surface area contributed by atoms with E-state index >= 15 is 0 Å². The molecule has 98 valence electrons. The summed E-state index contributed by atoms with van der Waals surface area (Å²) in [7, 11) is 0. The van der Waals surface area contributed by atoms with Crippen molar-refractivity contribution in [3.63, 3.8) is 0 Å². The Morgan fingerprint density at radius 3 is 2.74 bits per heavy atom. The van der Waals surface area contributed by atoms with Gasteiger partial charge < -0.3 is 10.4 Å². The fourth-order valence-electron chi connectivity index (χ4n) is 1.46. The Balaban J connectivity index is 2.20. The minimum Gasteiger partial charge on any atom is -0.477 e. The molecule has 0 fully saturated rings. The van der Waals surface area contributed by atoms with Crippen LogP contribution in [0.4, 0.5) is 5.00 Å². The second-order valence-electron chi connectivity index (χ2n) is 3.74. The lowest BCUT2D eigenvalue weighted by Crippen LogP contribution is -2.12. The van der Waals surface area contributed by atoms with Gasteiger partial charge in [0.15, 0.2) is 0 Å². The fraction of sp³-hybridized carbons (Fsp3) is 0.0833. The van der Waals surface area contributed by atoms with Crippen molar-refractivity contribution in [3.8, 4) is 0 Å². The van der Waals surface area contributed by atoms with Gasteiger partial charge in [0, 0.05) is 11.2 Å². The number of carboxylic acids is 1. The van der Waals surface area contributed by atoms with Crippen molar-refractivity contribution in [2.75, 3.05) is 5.32 Å². The van der Waals surface area contributed by atoms with Gasteiger partial charge in [-0.3, -0.25) is 9.78 Å². The lowest BCUT2D eigenvalue weighted by atomic mass is 10.3. The van der Waals surface area contributed by atoms with Crippen LogP contribution in [0.25, 0.3) is 0 Å². The lowest BCUT2D eigenvalue weighted by molar-refractivity contribution is 0.0701. The van der Waals surface area contributed by atoms with Crippen LogP contribution in [-0.4, -0.2) is 22.0 Å². The molecule has 0 saturated heterocycles. The van der Waals surface area contributed by atoms with Crippen molar-refractivity contribution in [3.05, 3.63) is 45.6 Å². The first kappa shape index (κ1) is 13.5. The van der Waals surface area contributed by atoms with E-state index in [2.05, 4.69) is 10.3 Å². The number of carbonyl (C=O) groups excluding carboxylic acids is 1. The maximum Gasteiger partial charge on any atom is 0.346 e. The average Bonchev–Trinajstić information content (AvgIpc) is 2.70. The van der Waals surface area contributed by atoms with E-state index < -0.39 is 11.9 Å². The maximum absolute atomic E-state index is 11.9. The Hall–Kier alpha value is -1.92. The van der Waals surface area contributed by atoms with Crippen LogP contribution >= 0.6 is 22.9 Å². The van der Waals surface area contributed by atoms with Crippen LogP contribution in [0.15, 0.2) is 24.4 Å². The number of hydrogen-bond acceptors (Lipinski definition) is 4. The summed E-state index contributed by atoms with van der Waals surface area (Å²) >= 11 is 6.77. The number of hydrogen-bond donors (Lipinski definition) is 2. The largest absolute Gasteiger partial charge is 0.477 e. The number of nitrogens with zero attached hydrogens (tertiary/aromatic N) is 1. The fourth-order valence-corrected chi connectivity index (χ4v) is 2.53. The highest BCUT2D eigenvalue weighted by atomic mass is 35.5. The molecule has 5 nitrogen and oxygen atoms in total. The third-order valence-electron chi connectivity index (χ3n) is 2.30. The number of carbonyl (C=O) groups is 2. The summed E-state index contributed by atoms with van der Waals surface area (Å²) in [4.78, 5) is 26.9. The second-order valence-corrected chi connectivity index (χ2v) is 5.23. The molecule has 0 saturated carbocycles. The van der Waals surface area contributed by atoms with Gasteiger partial charge in [-0.15, -0.1) is 11.3 Å². The molecule has 0 aromatic carbocycles. The van der Waals surface area contributed by atoms with Crippen LogP contribution in [0.5, 0.6) is 0 Å². The number of aryl methyl sites for hydroxylation is 1. The average molecular weight is 297 g/mol. The zero-order chi connectivity index (χ0) is 14.0. The van der Waals surface area contributed by atoms with Gasteiger partial charge in [0.1, 0.15) is 10.6 Å². The SMILES string of the molecule is Cc1cc(NC(=O)c2cc(Cl)ccn2)sc1C(=O)O. The summed E-state index contributed by atoms with van der Waals surface area (Å²) < 4.78 is 0. The van der Waals surface area contributed by atoms with Crippen LogP contribution in [-0.2, 0) is 0 Å². The Morgan fingerprint density at radius 2 is 2.16 bits per heavy atom. The molecule has 0 aliphatic heterocycles. The highest BCUT2D eigenvalue weighted by Gasteiger charge is 2.15. The van der Waals surface area contributed by atoms with Gasteiger partial charge in [-0.25, -0.2) is 4.79 Å². The van der Waals surface area contributed by atoms with Crippen molar-refractivity contribution in [1.82, 2.24) is 4.98 Å². The number of pyridine rings is 1. The molecule has 2 aromatic rings. The number of aromatic nitrogens is 1. The van der Waals surface area contributed by atoms with E-state index in [0.29, 0.717) is 15.6 Å². The smallest absolute Gasteiger partial charge is 0.346 e. The summed E-state index contributed by atoms with van der Waals surface area (Å²) in [5, 5.41) is 12.4. The van der Waals surface area contributed by atoms with Crippen molar-refractivity contribution in [1.29, 1.82) is 0 Å². The summed E-state index contributed by atoms with van der Waals surface area (Å²) in [6.45, 7) is 1.67. The monoisotopic (exact) mass is 296 g/mol. The van der Waals surface area contributed by atoms with Gasteiger partial charge in [0.25, 0.3) is 5.91 Å². The van der Waals surface area contributed by atoms with E-state index in [9.17, 15) is 9.59 Å². The van der Waals surface area contributed by atoms with E-state index in [-0.39, 0.29) is 10.6 Å². The third-order valence-corrected chi connectivity index (χ3v) is 3.68. The number of nitrogens with one attached hydrogen (secondary N) is 1. The number of amides is 1. The minimum absolute atomic E-state index is 0.176. The van der Waals surface area contributed by atoms with Gasteiger partial charge in [-0.05, 0) is 30.7 Å². The topological polar surface area (TPSA) is 79.3 Å². The lowest BCUT2D eigenvalue weighted by Gasteiger charge is -2.01. The molecular weight excluding hydrogens is 288 g/mol. The van der Waals surface area contributed by atoms with Crippen molar-refractivity contribution >= 4 is 39.8 Å². The third kappa shape index (κ3) is 3.10. The number of halogens is 1. The molecule has 2 aromatic heterocycles. The first-order valence-corrected chi connectivity index (χ1v) is 6.43. The first-order chi connectivity index (χ1) is 8.97. The summed E-state index contributed by atoms with van der Waals surface area (Å²) in [6.07, 6.45) is 1.43. The normalized spacial score (nSPS) is 10.2. The van der Waals surface area contributed by atoms with Gasteiger partial charge in [-0.2, -0.15) is 0 Å². The van der Waals surface area contributed by atoms with Crippen molar-refractivity contribution in [2.24, 2.45) is 0 Å². The number of anilines is 1. The molecule has 2 rings (SSSR count). The highest BCUT2D eigenvalue weighted by Crippen LogP contribution is 2.26. The van der Waals surface area contributed by atoms with Gasteiger partial charge >= 0.3 is 5.97 Å². The van der Waals surface area contributed by atoms with E-state index in [1.54, 1.807) is 19.1 Å². The number of thiophene rings is 1. The van der Waals surface area contributed by atoms with Gasteiger partial charge in [0.2, 0.25) is 0 Å². The van der Waals surface area contributed by atoms with Crippen LogP contribution in [0.2, 0.25) is 5.02 Å². The number of carboxylic acid groups (broad SMARTS) is 1. The predicted molar refractivity (Wildman–Crippen MR) is 73.2 cm³/mol. The van der Waals surface area contributed by atoms with Gasteiger partial charge in [0.05, 0.1) is 5.00 Å². The Morgan fingerprint density at radius 1 is 1.42 bits per heavy atom. The van der Waals surface area contributed by atoms with E-state index in [4.69, 9.17) is 16.7 Å². The van der Waals surface area contributed by atoms with Crippen LogP contribution < -0.4 is 5.32 Å².